The maximum Gasteiger partial charge on any atom is 0.243 e. The molecule has 0 saturated heterocycles. The summed E-state index contributed by atoms with van der Waals surface area (Å²) in [5, 5.41) is 8.97. The highest BCUT2D eigenvalue weighted by atomic mass is 16.2. The summed E-state index contributed by atoms with van der Waals surface area (Å²) in [6, 6.07) is 11.8. The van der Waals surface area contributed by atoms with Crippen LogP contribution in [0.1, 0.15) is 36.1 Å². The highest BCUT2D eigenvalue weighted by molar-refractivity contribution is 5.95. The monoisotopic (exact) mass is 367 g/mol. The molecule has 0 unspecified atom stereocenters. The maximum atomic E-state index is 12.3. The second kappa shape index (κ2) is 9.21. The van der Waals surface area contributed by atoms with Crippen LogP contribution in [0, 0.1) is 20.8 Å². The molecule has 2 rings (SSSR count). The van der Waals surface area contributed by atoms with Gasteiger partial charge in [-0.1, -0.05) is 29.8 Å². The van der Waals surface area contributed by atoms with E-state index in [1.165, 1.54) is 5.56 Å². The van der Waals surface area contributed by atoms with Crippen LogP contribution in [0.4, 0.5) is 11.4 Å². The lowest BCUT2D eigenvalue weighted by molar-refractivity contribution is -0.121. The molecule has 0 aliphatic heterocycles. The van der Waals surface area contributed by atoms with E-state index in [-0.39, 0.29) is 24.4 Å². The molecule has 0 bridgehead atoms. The van der Waals surface area contributed by atoms with Gasteiger partial charge in [-0.2, -0.15) is 0 Å². The van der Waals surface area contributed by atoms with Crippen molar-refractivity contribution in [3.05, 3.63) is 58.7 Å². The average Bonchev–Trinajstić information content (AvgIpc) is 2.56. The van der Waals surface area contributed by atoms with Crippen molar-refractivity contribution in [3.63, 3.8) is 0 Å². The van der Waals surface area contributed by atoms with Gasteiger partial charge in [0.15, 0.2) is 0 Å². The fourth-order valence-corrected chi connectivity index (χ4v) is 3.04. The van der Waals surface area contributed by atoms with Crippen LogP contribution in [0.25, 0.3) is 0 Å². The molecule has 0 atom stereocenters. The molecule has 27 heavy (non-hydrogen) atoms. The zero-order valence-electron chi connectivity index (χ0n) is 16.8. The lowest BCUT2D eigenvalue weighted by Crippen LogP contribution is -2.31. The van der Waals surface area contributed by atoms with Gasteiger partial charge >= 0.3 is 0 Å². The molecule has 2 amide bonds. The van der Waals surface area contributed by atoms with Gasteiger partial charge in [0.2, 0.25) is 11.8 Å². The number of carbonyl (C=O) groups excluding carboxylic acids is 2. The Morgan fingerprint density at radius 3 is 2.07 bits per heavy atom. The third-order valence-electron chi connectivity index (χ3n) is 4.16. The second-order valence-electron chi connectivity index (χ2n) is 7.27. The van der Waals surface area contributed by atoms with Crippen LogP contribution in [-0.4, -0.2) is 24.4 Å². The molecule has 5 heteroatoms. The topological polar surface area (TPSA) is 70.2 Å². The molecule has 2 aromatic rings. The Hall–Kier alpha value is -2.82. The number of rotatable bonds is 7. The molecule has 0 heterocycles. The zero-order chi connectivity index (χ0) is 20.0. The number of amides is 2. The van der Waals surface area contributed by atoms with Crippen LogP contribution < -0.4 is 16.0 Å². The van der Waals surface area contributed by atoms with E-state index in [0.29, 0.717) is 6.42 Å². The molecular formula is C22H29N3O2. The van der Waals surface area contributed by atoms with Gasteiger partial charge in [-0.15, -0.1) is 0 Å². The fraction of sp³-hybridized carbons (Fsp3) is 0.364. The van der Waals surface area contributed by atoms with Crippen molar-refractivity contribution in [1.82, 2.24) is 5.32 Å². The minimum absolute atomic E-state index is 0.00826. The summed E-state index contributed by atoms with van der Waals surface area (Å²) in [4.78, 5) is 24.1. The number of nitrogens with one attached hydrogen (secondary N) is 3. The number of aryl methyl sites for hydroxylation is 3. The number of hydrogen-bond donors (Lipinski definition) is 3. The fourth-order valence-electron chi connectivity index (χ4n) is 3.04. The Morgan fingerprint density at radius 2 is 1.52 bits per heavy atom. The van der Waals surface area contributed by atoms with Crippen molar-refractivity contribution in [1.29, 1.82) is 0 Å². The van der Waals surface area contributed by atoms with Crippen molar-refractivity contribution in [2.45, 2.75) is 47.1 Å². The lowest BCUT2D eigenvalue weighted by Gasteiger charge is -2.14. The van der Waals surface area contributed by atoms with E-state index < -0.39 is 0 Å². The van der Waals surface area contributed by atoms with Gasteiger partial charge in [0.05, 0.1) is 13.0 Å². The van der Waals surface area contributed by atoms with Crippen molar-refractivity contribution < 1.29 is 9.59 Å². The number of anilines is 2. The Labute approximate surface area is 161 Å². The van der Waals surface area contributed by atoms with E-state index in [1.54, 1.807) is 0 Å². The van der Waals surface area contributed by atoms with Gasteiger partial charge in [0.25, 0.3) is 0 Å². The SMILES string of the molecule is Cc1cc(C)c(NC(=O)CNc2ccc(CC(=O)NC(C)C)cc2)c(C)c1. The van der Waals surface area contributed by atoms with E-state index in [1.807, 2.05) is 58.9 Å². The predicted molar refractivity (Wildman–Crippen MR) is 111 cm³/mol. The first-order valence-corrected chi connectivity index (χ1v) is 9.24. The summed E-state index contributed by atoms with van der Waals surface area (Å²) in [5.74, 6) is -0.0839. The first kappa shape index (κ1) is 20.5. The highest BCUT2D eigenvalue weighted by Gasteiger charge is 2.09. The molecule has 0 aliphatic carbocycles. The summed E-state index contributed by atoms with van der Waals surface area (Å²) >= 11 is 0. The van der Waals surface area contributed by atoms with E-state index in [0.717, 1.165) is 28.1 Å². The molecule has 0 radical (unpaired) electrons. The first-order chi connectivity index (χ1) is 12.7. The van der Waals surface area contributed by atoms with E-state index in [2.05, 4.69) is 28.1 Å². The number of hydrogen-bond acceptors (Lipinski definition) is 3. The maximum absolute atomic E-state index is 12.3. The van der Waals surface area contributed by atoms with Crippen LogP contribution in [0.3, 0.4) is 0 Å². The minimum Gasteiger partial charge on any atom is -0.376 e. The van der Waals surface area contributed by atoms with Gasteiger partial charge in [0.1, 0.15) is 0 Å². The van der Waals surface area contributed by atoms with Gasteiger partial charge < -0.3 is 16.0 Å². The second-order valence-corrected chi connectivity index (χ2v) is 7.27. The van der Waals surface area contributed by atoms with Crippen LogP contribution >= 0.6 is 0 Å². The number of carbonyl (C=O) groups is 2. The lowest BCUT2D eigenvalue weighted by atomic mass is 10.1. The van der Waals surface area contributed by atoms with Gasteiger partial charge in [-0.25, -0.2) is 0 Å². The van der Waals surface area contributed by atoms with Crippen molar-refractivity contribution in [2.75, 3.05) is 17.2 Å². The Morgan fingerprint density at radius 1 is 0.926 bits per heavy atom. The largest absolute Gasteiger partial charge is 0.376 e. The first-order valence-electron chi connectivity index (χ1n) is 9.24. The number of benzene rings is 2. The molecule has 3 N–H and O–H groups in total. The third kappa shape index (κ3) is 6.44. The van der Waals surface area contributed by atoms with Crippen molar-refractivity contribution >= 4 is 23.2 Å². The Bertz CT molecular complexity index is 788. The molecule has 0 saturated carbocycles. The molecule has 2 aromatic carbocycles. The summed E-state index contributed by atoms with van der Waals surface area (Å²) in [5.41, 5.74) is 5.96. The summed E-state index contributed by atoms with van der Waals surface area (Å²) < 4.78 is 0. The van der Waals surface area contributed by atoms with Gasteiger partial charge in [-0.3, -0.25) is 9.59 Å². The zero-order valence-corrected chi connectivity index (χ0v) is 16.8. The molecule has 144 valence electrons. The molecule has 0 fully saturated rings. The summed E-state index contributed by atoms with van der Waals surface area (Å²) in [6.45, 7) is 10.1. The standard InChI is InChI=1S/C22H29N3O2/c1-14(2)24-20(26)12-18-6-8-19(9-7-18)23-13-21(27)25-22-16(4)10-15(3)11-17(22)5/h6-11,14,23H,12-13H2,1-5H3,(H,24,26)(H,25,27). The minimum atomic E-state index is -0.0922. The molecule has 0 aliphatic rings. The predicted octanol–water partition coefficient (Wildman–Crippen LogP) is 3.73. The average molecular weight is 367 g/mol. The van der Waals surface area contributed by atoms with Crippen LogP contribution in [-0.2, 0) is 16.0 Å². The normalized spacial score (nSPS) is 10.6. The van der Waals surface area contributed by atoms with E-state index in [4.69, 9.17) is 0 Å². The van der Waals surface area contributed by atoms with Crippen LogP contribution in [0.15, 0.2) is 36.4 Å². The summed E-state index contributed by atoms with van der Waals surface area (Å²) in [6.07, 6.45) is 0.352. The Balaban J connectivity index is 1.88. The highest BCUT2D eigenvalue weighted by Crippen LogP contribution is 2.21. The molecule has 5 nitrogen and oxygen atoms in total. The van der Waals surface area contributed by atoms with E-state index in [9.17, 15) is 9.59 Å². The summed E-state index contributed by atoms with van der Waals surface area (Å²) in [7, 11) is 0. The van der Waals surface area contributed by atoms with Crippen molar-refractivity contribution in [3.8, 4) is 0 Å². The van der Waals surface area contributed by atoms with Gasteiger partial charge in [0, 0.05) is 17.4 Å². The van der Waals surface area contributed by atoms with E-state index >= 15 is 0 Å². The van der Waals surface area contributed by atoms with Gasteiger partial charge in [-0.05, 0) is 63.4 Å². The third-order valence-corrected chi connectivity index (χ3v) is 4.16. The molecular weight excluding hydrogens is 338 g/mol. The Kier molecular flexibility index (Phi) is 6.99. The molecule has 0 aromatic heterocycles. The van der Waals surface area contributed by atoms with Crippen LogP contribution in [0.2, 0.25) is 0 Å². The smallest absolute Gasteiger partial charge is 0.243 e. The quantitative estimate of drug-likeness (QED) is 0.698. The van der Waals surface area contributed by atoms with Crippen molar-refractivity contribution in [2.24, 2.45) is 0 Å². The molecule has 0 spiro atoms. The van der Waals surface area contributed by atoms with Crippen LogP contribution in [0.5, 0.6) is 0 Å².